The van der Waals surface area contributed by atoms with Crippen LogP contribution in [-0.2, 0) is 4.79 Å². The van der Waals surface area contributed by atoms with Gasteiger partial charge in [-0.05, 0) is 42.8 Å². The minimum absolute atomic E-state index is 0.0997. The number of aryl methyl sites for hydroxylation is 1. The van der Waals surface area contributed by atoms with E-state index in [4.69, 9.17) is 21.7 Å². The number of carbonyl (C=O) groups is 1. The van der Waals surface area contributed by atoms with Crippen LogP contribution in [0.15, 0.2) is 47.4 Å². The molecule has 0 spiro atoms. The topological polar surface area (TPSA) is 50.8 Å². The van der Waals surface area contributed by atoms with Gasteiger partial charge in [0.25, 0.3) is 5.91 Å². The lowest BCUT2D eigenvalue weighted by atomic mass is 10.2. The number of anilines is 1. The molecule has 0 radical (unpaired) electrons. The van der Waals surface area contributed by atoms with E-state index in [0.29, 0.717) is 21.6 Å². The van der Waals surface area contributed by atoms with Crippen LogP contribution >= 0.6 is 24.0 Å². The smallest absolute Gasteiger partial charge is 0.267 e. The van der Waals surface area contributed by atoms with Gasteiger partial charge in [-0.1, -0.05) is 47.7 Å². The molecule has 0 aliphatic carbocycles. The van der Waals surface area contributed by atoms with Crippen LogP contribution in [0.3, 0.4) is 0 Å². The highest BCUT2D eigenvalue weighted by Gasteiger charge is 2.31. The first kappa shape index (κ1) is 16.9. The third-order valence-corrected chi connectivity index (χ3v) is 5.44. The minimum Gasteiger partial charge on any atom is -0.454 e. The molecule has 26 heavy (non-hydrogen) atoms. The van der Waals surface area contributed by atoms with Crippen molar-refractivity contribution in [3.63, 3.8) is 0 Å². The summed E-state index contributed by atoms with van der Waals surface area (Å²) in [7, 11) is 0. The van der Waals surface area contributed by atoms with Crippen molar-refractivity contribution < 1.29 is 14.3 Å². The Balaban J connectivity index is 1.47. The van der Waals surface area contributed by atoms with Crippen molar-refractivity contribution in [3.05, 3.63) is 58.5 Å². The van der Waals surface area contributed by atoms with Crippen LogP contribution in [0.1, 0.15) is 11.1 Å². The Kier molecular flexibility index (Phi) is 4.57. The van der Waals surface area contributed by atoms with Crippen molar-refractivity contribution in [1.29, 1.82) is 0 Å². The molecule has 1 saturated heterocycles. The molecular weight excluding hydrogens is 368 g/mol. The summed E-state index contributed by atoms with van der Waals surface area (Å²) < 4.78 is 11.2. The summed E-state index contributed by atoms with van der Waals surface area (Å²) in [6, 6.07) is 13.6. The van der Waals surface area contributed by atoms with Crippen molar-refractivity contribution in [1.82, 2.24) is 4.90 Å². The molecule has 1 fully saturated rings. The van der Waals surface area contributed by atoms with E-state index in [9.17, 15) is 4.79 Å². The van der Waals surface area contributed by atoms with Crippen molar-refractivity contribution >= 4 is 46.0 Å². The number of ether oxygens (including phenoxy) is 2. The van der Waals surface area contributed by atoms with Gasteiger partial charge in [0.05, 0.1) is 11.6 Å². The first-order valence-corrected chi connectivity index (χ1v) is 9.28. The van der Waals surface area contributed by atoms with E-state index < -0.39 is 0 Å². The van der Waals surface area contributed by atoms with Gasteiger partial charge < -0.3 is 14.8 Å². The van der Waals surface area contributed by atoms with E-state index in [-0.39, 0.29) is 12.7 Å². The molecule has 4 rings (SSSR count). The van der Waals surface area contributed by atoms with Crippen LogP contribution < -0.4 is 14.8 Å². The number of rotatable bonds is 4. The molecule has 0 bridgehead atoms. The van der Waals surface area contributed by atoms with Crippen LogP contribution in [-0.4, -0.2) is 28.6 Å². The van der Waals surface area contributed by atoms with Gasteiger partial charge in [-0.25, -0.2) is 0 Å². The van der Waals surface area contributed by atoms with Gasteiger partial charge >= 0.3 is 0 Å². The van der Waals surface area contributed by atoms with E-state index in [1.807, 2.05) is 55.5 Å². The Morgan fingerprint density at radius 3 is 2.77 bits per heavy atom. The number of nitrogens with one attached hydrogen (secondary N) is 1. The number of nitrogens with zero attached hydrogens (tertiary/aromatic N) is 1. The molecule has 0 atom stereocenters. The van der Waals surface area contributed by atoms with Gasteiger partial charge in [0.1, 0.15) is 4.32 Å². The van der Waals surface area contributed by atoms with Crippen LogP contribution in [0, 0.1) is 6.92 Å². The van der Waals surface area contributed by atoms with Crippen LogP contribution in [0.5, 0.6) is 11.5 Å². The zero-order valence-corrected chi connectivity index (χ0v) is 15.7. The largest absolute Gasteiger partial charge is 0.454 e. The number of benzene rings is 2. The Morgan fingerprint density at radius 2 is 1.96 bits per heavy atom. The van der Waals surface area contributed by atoms with E-state index in [1.54, 1.807) is 4.90 Å². The molecule has 2 aliphatic heterocycles. The monoisotopic (exact) mass is 384 g/mol. The maximum atomic E-state index is 12.7. The predicted molar refractivity (Wildman–Crippen MR) is 107 cm³/mol. The van der Waals surface area contributed by atoms with Crippen molar-refractivity contribution in [2.24, 2.45) is 0 Å². The van der Waals surface area contributed by atoms with Crippen molar-refractivity contribution in [2.75, 3.05) is 18.8 Å². The molecular formula is C19H16N2O3S2. The molecule has 7 heteroatoms. The van der Waals surface area contributed by atoms with Gasteiger partial charge in [0, 0.05) is 5.69 Å². The quantitative estimate of drug-likeness (QED) is 0.635. The second kappa shape index (κ2) is 7.01. The number of thioether (sulfide) groups is 1. The zero-order chi connectivity index (χ0) is 18.1. The fourth-order valence-corrected chi connectivity index (χ4v) is 3.89. The fourth-order valence-electron chi connectivity index (χ4n) is 2.63. The van der Waals surface area contributed by atoms with E-state index in [2.05, 4.69) is 5.32 Å². The number of hydrogen-bond acceptors (Lipinski definition) is 6. The number of amides is 1. The third-order valence-electron chi connectivity index (χ3n) is 4.06. The molecule has 0 saturated carbocycles. The van der Waals surface area contributed by atoms with Crippen molar-refractivity contribution in [3.8, 4) is 11.5 Å². The Hall–Kier alpha value is -2.51. The van der Waals surface area contributed by atoms with Crippen LogP contribution in [0.25, 0.3) is 6.08 Å². The molecule has 1 N–H and O–H groups in total. The first-order valence-electron chi connectivity index (χ1n) is 8.06. The summed E-state index contributed by atoms with van der Waals surface area (Å²) in [6.45, 7) is 2.60. The highest BCUT2D eigenvalue weighted by atomic mass is 32.2. The van der Waals surface area contributed by atoms with E-state index >= 15 is 0 Å². The van der Waals surface area contributed by atoms with Gasteiger partial charge in [-0.3, -0.25) is 9.69 Å². The summed E-state index contributed by atoms with van der Waals surface area (Å²) >= 11 is 6.67. The number of carbonyl (C=O) groups excluding carboxylic acids is 1. The molecule has 5 nitrogen and oxygen atoms in total. The van der Waals surface area contributed by atoms with Gasteiger partial charge in [-0.2, -0.15) is 0 Å². The summed E-state index contributed by atoms with van der Waals surface area (Å²) in [5.41, 5.74) is 3.01. The normalized spacial score (nSPS) is 17.3. The molecule has 1 amide bonds. The molecule has 2 heterocycles. The maximum Gasteiger partial charge on any atom is 0.267 e. The molecule has 132 valence electrons. The average Bonchev–Trinajstić information content (AvgIpc) is 3.20. The molecule has 0 aromatic heterocycles. The second-order valence-corrected chi connectivity index (χ2v) is 7.60. The summed E-state index contributed by atoms with van der Waals surface area (Å²) in [5.74, 6) is 1.31. The Bertz CT molecular complexity index is 910. The average molecular weight is 384 g/mol. The number of hydrogen-bond donors (Lipinski definition) is 1. The lowest BCUT2D eigenvalue weighted by Crippen LogP contribution is -2.33. The van der Waals surface area contributed by atoms with Crippen LogP contribution in [0.4, 0.5) is 5.69 Å². The summed E-state index contributed by atoms with van der Waals surface area (Å²) in [6.07, 6.45) is 1.83. The van der Waals surface area contributed by atoms with Crippen molar-refractivity contribution in [2.45, 2.75) is 6.92 Å². The SMILES string of the molecule is Cc1ccc(NCN2C(=O)/C(=C/c3ccc4c(c3)OCO4)SC2=S)cc1. The Labute approximate surface area is 161 Å². The van der Waals surface area contributed by atoms with Gasteiger partial charge in [-0.15, -0.1) is 0 Å². The molecule has 0 unspecified atom stereocenters. The first-order chi connectivity index (χ1) is 12.6. The van der Waals surface area contributed by atoms with E-state index in [0.717, 1.165) is 17.0 Å². The lowest BCUT2D eigenvalue weighted by molar-refractivity contribution is -0.121. The molecule has 2 aliphatic rings. The summed E-state index contributed by atoms with van der Waals surface area (Å²) in [5, 5.41) is 3.23. The second-order valence-electron chi connectivity index (χ2n) is 5.92. The third kappa shape index (κ3) is 3.40. The maximum absolute atomic E-state index is 12.7. The highest BCUT2D eigenvalue weighted by molar-refractivity contribution is 8.26. The van der Waals surface area contributed by atoms with E-state index in [1.165, 1.54) is 17.3 Å². The lowest BCUT2D eigenvalue weighted by Gasteiger charge is -2.16. The highest BCUT2D eigenvalue weighted by Crippen LogP contribution is 2.36. The minimum atomic E-state index is -0.0997. The van der Waals surface area contributed by atoms with Gasteiger partial charge in [0.15, 0.2) is 11.5 Å². The number of fused-ring (bicyclic) bond motifs is 1. The predicted octanol–water partition coefficient (Wildman–Crippen LogP) is 3.99. The molecule has 2 aromatic rings. The standard InChI is InChI=1S/C19H16N2O3S2/c1-12-2-5-14(6-3-12)20-10-21-18(22)17(26-19(21)25)9-13-4-7-15-16(8-13)24-11-23-15/h2-9,20H,10-11H2,1H3/b17-9-. The zero-order valence-electron chi connectivity index (χ0n) is 14.0. The molecule has 2 aromatic carbocycles. The number of thiocarbonyl (C=S) groups is 1. The summed E-state index contributed by atoms with van der Waals surface area (Å²) in [4.78, 5) is 14.8. The Morgan fingerprint density at radius 1 is 1.19 bits per heavy atom. The van der Waals surface area contributed by atoms with Gasteiger partial charge in [0.2, 0.25) is 6.79 Å². The fraction of sp³-hybridized carbons (Fsp3) is 0.158. The van der Waals surface area contributed by atoms with Crippen LogP contribution in [0.2, 0.25) is 0 Å².